The summed E-state index contributed by atoms with van der Waals surface area (Å²) in [6, 6.07) is 18.7. The minimum atomic E-state index is -0.406. The van der Waals surface area contributed by atoms with Crippen molar-refractivity contribution in [3.8, 4) is 17.2 Å². The number of rotatable bonds is 7. The third-order valence-corrected chi connectivity index (χ3v) is 6.49. The number of carbonyl (C=O) groups is 1. The fourth-order valence-corrected chi connectivity index (χ4v) is 4.21. The first kappa shape index (κ1) is 25.4. The summed E-state index contributed by atoms with van der Waals surface area (Å²) in [7, 11) is 1.69. The highest BCUT2D eigenvalue weighted by Crippen LogP contribution is 2.23. The molecule has 39 heavy (non-hydrogen) atoms. The smallest absolute Gasteiger partial charge is 0.327 e. The van der Waals surface area contributed by atoms with Crippen molar-refractivity contribution in [3.05, 3.63) is 112 Å². The van der Waals surface area contributed by atoms with Crippen molar-refractivity contribution in [3.63, 3.8) is 0 Å². The SMILES string of the molecule is CC(NC(=O)c1cc(C#N)cnc1NCc1ccc(-c2cnc3[nH]c(=O)n(C)c3c2)cc1)c1ccc(F)cc1. The summed E-state index contributed by atoms with van der Waals surface area (Å²) in [5.74, 6) is -0.422. The van der Waals surface area contributed by atoms with Crippen LogP contribution in [0.5, 0.6) is 0 Å². The van der Waals surface area contributed by atoms with Crippen LogP contribution in [0.15, 0.2) is 77.9 Å². The third-order valence-electron chi connectivity index (χ3n) is 6.49. The molecule has 0 aliphatic carbocycles. The summed E-state index contributed by atoms with van der Waals surface area (Å²) in [5.41, 5.74) is 5.03. The Labute approximate surface area is 223 Å². The maximum Gasteiger partial charge on any atom is 0.327 e. The van der Waals surface area contributed by atoms with E-state index in [1.807, 2.05) is 36.4 Å². The number of anilines is 1. The van der Waals surface area contributed by atoms with Gasteiger partial charge < -0.3 is 10.6 Å². The lowest BCUT2D eigenvalue weighted by atomic mass is 10.1. The highest BCUT2D eigenvalue weighted by molar-refractivity contribution is 5.99. The van der Waals surface area contributed by atoms with Crippen LogP contribution in [0.25, 0.3) is 22.3 Å². The van der Waals surface area contributed by atoms with Crippen LogP contribution in [0.4, 0.5) is 10.2 Å². The van der Waals surface area contributed by atoms with Crippen LogP contribution in [0.2, 0.25) is 0 Å². The van der Waals surface area contributed by atoms with E-state index in [2.05, 4.69) is 25.6 Å². The van der Waals surface area contributed by atoms with Crippen molar-refractivity contribution < 1.29 is 9.18 Å². The Kier molecular flexibility index (Phi) is 6.89. The van der Waals surface area contributed by atoms with Crippen molar-refractivity contribution >= 4 is 22.9 Å². The molecule has 194 valence electrons. The predicted octanol–water partition coefficient (Wildman–Crippen LogP) is 4.44. The molecule has 0 fully saturated rings. The number of nitrogens with one attached hydrogen (secondary N) is 3. The maximum atomic E-state index is 13.3. The largest absolute Gasteiger partial charge is 0.365 e. The lowest BCUT2D eigenvalue weighted by Crippen LogP contribution is -2.28. The molecule has 0 radical (unpaired) electrons. The number of H-pyrrole nitrogens is 1. The first-order chi connectivity index (χ1) is 18.8. The number of benzene rings is 2. The molecule has 10 heteroatoms. The quantitative estimate of drug-likeness (QED) is 0.291. The first-order valence-electron chi connectivity index (χ1n) is 12.2. The van der Waals surface area contributed by atoms with Gasteiger partial charge in [0.25, 0.3) is 5.91 Å². The van der Waals surface area contributed by atoms with Crippen molar-refractivity contribution in [1.29, 1.82) is 5.26 Å². The molecule has 0 saturated heterocycles. The Bertz CT molecular complexity index is 1770. The monoisotopic (exact) mass is 521 g/mol. The Hall–Kier alpha value is -5.30. The van der Waals surface area contributed by atoms with E-state index < -0.39 is 5.91 Å². The summed E-state index contributed by atoms with van der Waals surface area (Å²) in [6.45, 7) is 2.18. The third kappa shape index (κ3) is 5.38. The molecule has 1 atom stereocenters. The van der Waals surface area contributed by atoms with E-state index in [0.717, 1.165) is 27.8 Å². The van der Waals surface area contributed by atoms with Gasteiger partial charge in [0.2, 0.25) is 0 Å². The molecule has 3 heterocycles. The fraction of sp³-hybridized carbons (Fsp3) is 0.138. The second-order valence-corrected chi connectivity index (χ2v) is 9.11. The molecule has 5 aromatic rings. The molecule has 5 rings (SSSR count). The van der Waals surface area contributed by atoms with Crippen LogP contribution in [0.3, 0.4) is 0 Å². The number of nitrogens with zero attached hydrogens (tertiary/aromatic N) is 4. The van der Waals surface area contributed by atoms with Gasteiger partial charge in [-0.3, -0.25) is 14.3 Å². The molecule has 9 nitrogen and oxygen atoms in total. The van der Waals surface area contributed by atoms with Gasteiger partial charge in [-0.15, -0.1) is 0 Å². The summed E-state index contributed by atoms with van der Waals surface area (Å²) in [6.07, 6.45) is 3.12. The first-order valence-corrected chi connectivity index (χ1v) is 12.2. The minimum Gasteiger partial charge on any atom is -0.365 e. The van der Waals surface area contributed by atoms with Crippen LogP contribution in [-0.4, -0.2) is 25.4 Å². The summed E-state index contributed by atoms with van der Waals surface area (Å²) >= 11 is 0. The molecular formula is C29H24FN7O2. The zero-order chi connectivity index (χ0) is 27.5. The molecule has 0 bridgehead atoms. The molecule has 0 saturated carbocycles. The number of fused-ring (bicyclic) bond motifs is 1. The molecule has 1 amide bonds. The molecule has 0 spiro atoms. The second-order valence-electron chi connectivity index (χ2n) is 9.11. The van der Waals surface area contributed by atoms with Crippen LogP contribution < -0.4 is 16.3 Å². The van der Waals surface area contributed by atoms with Crippen molar-refractivity contribution in [1.82, 2.24) is 24.8 Å². The number of hydrogen-bond donors (Lipinski definition) is 3. The number of nitriles is 1. The average molecular weight is 522 g/mol. The van der Waals surface area contributed by atoms with E-state index in [1.165, 1.54) is 29.0 Å². The number of amides is 1. The Morgan fingerprint density at radius 2 is 1.82 bits per heavy atom. The fourth-order valence-electron chi connectivity index (χ4n) is 4.21. The van der Waals surface area contributed by atoms with Crippen LogP contribution in [0.1, 0.15) is 40.0 Å². The van der Waals surface area contributed by atoms with E-state index in [1.54, 1.807) is 32.3 Å². The van der Waals surface area contributed by atoms with E-state index in [9.17, 15) is 19.2 Å². The molecule has 0 aliphatic heterocycles. The van der Waals surface area contributed by atoms with Gasteiger partial charge in [-0.05, 0) is 47.9 Å². The highest BCUT2D eigenvalue weighted by Gasteiger charge is 2.17. The number of pyridine rings is 2. The summed E-state index contributed by atoms with van der Waals surface area (Å²) in [5, 5.41) is 15.4. The molecule has 1 unspecified atom stereocenters. The predicted molar refractivity (Wildman–Crippen MR) is 145 cm³/mol. The highest BCUT2D eigenvalue weighted by atomic mass is 19.1. The number of aryl methyl sites for hydroxylation is 1. The number of aromatic nitrogens is 4. The van der Waals surface area contributed by atoms with E-state index in [0.29, 0.717) is 18.0 Å². The van der Waals surface area contributed by atoms with Gasteiger partial charge in [-0.2, -0.15) is 5.26 Å². The topological polar surface area (TPSA) is 128 Å². The van der Waals surface area contributed by atoms with Crippen molar-refractivity contribution in [2.45, 2.75) is 19.5 Å². The Balaban J connectivity index is 1.31. The lowest BCUT2D eigenvalue weighted by Gasteiger charge is -2.16. The average Bonchev–Trinajstić information content (AvgIpc) is 3.24. The van der Waals surface area contributed by atoms with Crippen LogP contribution >= 0.6 is 0 Å². The number of hydrogen-bond acceptors (Lipinski definition) is 6. The minimum absolute atomic E-state index is 0.217. The Morgan fingerprint density at radius 1 is 1.08 bits per heavy atom. The molecular weight excluding hydrogens is 497 g/mol. The van der Waals surface area contributed by atoms with E-state index in [4.69, 9.17) is 0 Å². The van der Waals surface area contributed by atoms with Gasteiger partial charge in [-0.25, -0.2) is 19.2 Å². The van der Waals surface area contributed by atoms with Crippen molar-refractivity contribution in [2.75, 3.05) is 5.32 Å². The van der Waals surface area contributed by atoms with Gasteiger partial charge in [0, 0.05) is 31.5 Å². The summed E-state index contributed by atoms with van der Waals surface area (Å²) < 4.78 is 14.8. The zero-order valence-corrected chi connectivity index (χ0v) is 21.2. The van der Waals surface area contributed by atoms with Gasteiger partial charge >= 0.3 is 5.69 Å². The normalized spacial score (nSPS) is 11.6. The van der Waals surface area contributed by atoms with Gasteiger partial charge in [0.1, 0.15) is 17.7 Å². The van der Waals surface area contributed by atoms with E-state index in [-0.39, 0.29) is 28.7 Å². The number of aromatic amines is 1. The van der Waals surface area contributed by atoms with Gasteiger partial charge in [0.15, 0.2) is 5.65 Å². The van der Waals surface area contributed by atoms with Gasteiger partial charge in [0.05, 0.1) is 22.7 Å². The number of carbonyl (C=O) groups excluding carboxylic acids is 1. The molecule has 3 aromatic heterocycles. The molecule has 3 N–H and O–H groups in total. The van der Waals surface area contributed by atoms with Crippen molar-refractivity contribution in [2.24, 2.45) is 7.05 Å². The molecule has 2 aromatic carbocycles. The standard InChI is InChI=1S/C29H24FN7O2/c1-17(20-7-9-23(30)10-8-20)35-28(38)24-11-19(13-31)15-33-26(24)32-14-18-3-5-21(6-4-18)22-12-25-27(34-16-22)36-29(39)37(25)2/h3-12,15-17H,14H2,1-2H3,(H,32,33)(H,35,38)(H,34,36,39). The maximum absolute atomic E-state index is 13.3. The number of halogens is 1. The lowest BCUT2D eigenvalue weighted by molar-refractivity contribution is 0.0940. The zero-order valence-electron chi connectivity index (χ0n) is 21.2. The summed E-state index contributed by atoms with van der Waals surface area (Å²) in [4.78, 5) is 36.3. The number of imidazole rings is 1. The van der Waals surface area contributed by atoms with Crippen LogP contribution in [0, 0.1) is 17.1 Å². The Morgan fingerprint density at radius 3 is 2.54 bits per heavy atom. The second kappa shape index (κ2) is 10.6. The van der Waals surface area contributed by atoms with E-state index >= 15 is 0 Å². The molecule has 0 aliphatic rings. The van der Waals surface area contributed by atoms with Gasteiger partial charge in [-0.1, -0.05) is 36.4 Å². The van der Waals surface area contributed by atoms with Crippen LogP contribution in [-0.2, 0) is 13.6 Å².